The molecule has 0 heterocycles. The number of halogens is 1. The van der Waals surface area contributed by atoms with Crippen LogP contribution < -0.4 is 25.4 Å². The number of hydrogen-bond donors (Lipinski definition) is 2. The molecule has 7 nitrogen and oxygen atoms in total. The maximum absolute atomic E-state index is 10.6. The smallest absolute Gasteiger partial charge is 0.332 e. The molecular weight excluding hydrogens is 346 g/mol. The number of nitrogens with zero attached hydrogens (tertiary/aromatic N) is 1. The lowest BCUT2D eigenvalue weighted by molar-refractivity contribution is 0.211. The molecule has 0 unspecified atom stereocenters. The Kier molecular flexibility index (Phi) is 6.91. The SMILES string of the molecule is COc1cc(/C=N\NC(N)=O)cc(Cl)c1OCCOc1ccccc1. The van der Waals surface area contributed by atoms with Crippen molar-refractivity contribution in [2.75, 3.05) is 20.3 Å². The molecule has 132 valence electrons. The predicted octanol–water partition coefficient (Wildman–Crippen LogP) is 2.81. The summed E-state index contributed by atoms with van der Waals surface area (Å²) in [5.74, 6) is 1.60. The Morgan fingerprint density at radius 1 is 1.24 bits per heavy atom. The normalized spacial score (nSPS) is 10.5. The van der Waals surface area contributed by atoms with Crippen molar-refractivity contribution < 1.29 is 19.0 Å². The second kappa shape index (κ2) is 9.39. The summed E-state index contributed by atoms with van der Waals surface area (Å²) in [7, 11) is 1.50. The molecule has 0 saturated heterocycles. The maximum atomic E-state index is 10.6. The number of urea groups is 1. The molecule has 0 bridgehead atoms. The molecule has 0 spiro atoms. The van der Waals surface area contributed by atoms with Crippen molar-refractivity contribution >= 4 is 23.8 Å². The van der Waals surface area contributed by atoms with Crippen LogP contribution in [0.5, 0.6) is 17.2 Å². The number of ether oxygens (including phenoxy) is 3. The number of hydrogen-bond acceptors (Lipinski definition) is 5. The first-order chi connectivity index (χ1) is 12.1. The lowest BCUT2D eigenvalue weighted by atomic mass is 10.2. The third-order valence-corrected chi connectivity index (χ3v) is 3.26. The molecule has 0 aliphatic rings. The average molecular weight is 364 g/mol. The molecule has 8 heteroatoms. The fourth-order valence-electron chi connectivity index (χ4n) is 1.94. The maximum Gasteiger partial charge on any atom is 0.332 e. The Hall–Kier alpha value is -2.93. The molecule has 2 aromatic rings. The summed E-state index contributed by atoms with van der Waals surface area (Å²) in [4.78, 5) is 10.6. The van der Waals surface area contributed by atoms with Crippen molar-refractivity contribution in [3.63, 3.8) is 0 Å². The van der Waals surface area contributed by atoms with Gasteiger partial charge < -0.3 is 19.9 Å². The van der Waals surface area contributed by atoms with Crippen LogP contribution in [0.4, 0.5) is 4.79 Å². The number of nitrogens with one attached hydrogen (secondary N) is 1. The first-order valence-electron chi connectivity index (χ1n) is 7.37. The van der Waals surface area contributed by atoms with Gasteiger partial charge in [0.15, 0.2) is 11.5 Å². The molecule has 0 saturated carbocycles. The first-order valence-corrected chi connectivity index (χ1v) is 7.74. The third-order valence-electron chi connectivity index (χ3n) is 2.98. The van der Waals surface area contributed by atoms with Crippen molar-refractivity contribution in [3.8, 4) is 17.2 Å². The van der Waals surface area contributed by atoms with Gasteiger partial charge in [-0.05, 0) is 29.8 Å². The highest BCUT2D eigenvalue weighted by atomic mass is 35.5. The van der Waals surface area contributed by atoms with Crippen molar-refractivity contribution in [2.24, 2.45) is 10.8 Å². The number of para-hydroxylation sites is 1. The van der Waals surface area contributed by atoms with E-state index >= 15 is 0 Å². The lowest BCUT2D eigenvalue weighted by Crippen LogP contribution is -2.24. The van der Waals surface area contributed by atoms with Crippen molar-refractivity contribution in [3.05, 3.63) is 53.1 Å². The van der Waals surface area contributed by atoms with Crippen molar-refractivity contribution in [2.45, 2.75) is 0 Å². The fourth-order valence-corrected chi connectivity index (χ4v) is 2.22. The van der Waals surface area contributed by atoms with E-state index in [4.69, 9.17) is 31.5 Å². The van der Waals surface area contributed by atoms with E-state index < -0.39 is 6.03 Å². The summed E-state index contributed by atoms with van der Waals surface area (Å²) in [6.07, 6.45) is 1.39. The zero-order valence-corrected chi connectivity index (χ0v) is 14.3. The van der Waals surface area contributed by atoms with Gasteiger partial charge in [-0.3, -0.25) is 0 Å². The number of benzene rings is 2. The van der Waals surface area contributed by atoms with E-state index in [0.717, 1.165) is 5.75 Å². The van der Waals surface area contributed by atoms with Crippen LogP contribution in [0.3, 0.4) is 0 Å². The second-order valence-electron chi connectivity index (χ2n) is 4.78. The number of rotatable bonds is 8. The largest absolute Gasteiger partial charge is 0.493 e. The summed E-state index contributed by atoms with van der Waals surface area (Å²) < 4.78 is 16.5. The Morgan fingerprint density at radius 2 is 1.96 bits per heavy atom. The van der Waals surface area contributed by atoms with Crippen LogP contribution in [0.25, 0.3) is 0 Å². The third kappa shape index (κ3) is 5.89. The van der Waals surface area contributed by atoms with Gasteiger partial charge in [-0.1, -0.05) is 29.8 Å². The molecule has 25 heavy (non-hydrogen) atoms. The Morgan fingerprint density at radius 3 is 2.64 bits per heavy atom. The van der Waals surface area contributed by atoms with E-state index in [-0.39, 0.29) is 0 Å². The molecule has 3 N–H and O–H groups in total. The van der Waals surface area contributed by atoms with Crippen molar-refractivity contribution in [1.82, 2.24) is 5.43 Å². The van der Waals surface area contributed by atoms with Gasteiger partial charge in [-0.25, -0.2) is 10.2 Å². The van der Waals surface area contributed by atoms with Crippen LogP contribution in [0, 0.1) is 0 Å². The summed E-state index contributed by atoms with van der Waals surface area (Å²) in [5, 5.41) is 4.02. The van der Waals surface area contributed by atoms with E-state index in [2.05, 4.69) is 10.5 Å². The standard InChI is InChI=1S/C17H18ClN3O4/c1-23-15-10-12(11-20-21-17(19)22)9-14(18)16(15)25-8-7-24-13-5-3-2-4-6-13/h2-6,9-11H,7-8H2,1H3,(H3,19,21,22)/b20-11-. The predicted molar refractivity (Wildman–Crippen MR) is 95.7 cm³/mol. The number of amides is 2. The molecular formula is C17H18ClN3O4. The Labute approximate surface area is 150 Å². The average Bonchev–Trinajstić information content (AvgIpc) is 2.60. The molecule has 2 rings (SSSR count). The van der Waals surface area contributed by atoms with Gasteiger partial charge in [0.05, 0.1) is 18.3 Å². The minimum atomic E-state index is -0.757. The minimum Gasteiger partial charge on any atom is -0.493 e. The highest BCUT2D eigenvalue weighted by Gasteiger charge is 2.11. The second-order valence-corrected chi connectivity index (χ2v) is 5.19. The molecule has 0 fully saturated rings. The molecule has 2 aromatic carbocycles. The van der Waals surface area contributed by atoms with E-state index in [9.17, 15) is 4.79 Å². The van der Waals surface area contributed by atoms with Gasteiger partial charge >= 0.3 is 6.03 Å². The first kappa shape index (κ1) is 18.4. The van der Waals surface area contributed by atoms with Crippen LogP contribution in [0.1, 0.15) is 5.56 Å². The van der Waals surface area contributed by atoms with Crippen LogP contribution in [-0.2, 0) is 0 Å². The zero-order chi connectivity index (χ0) is 18.1. The minimum absolute atomic E-state index is 0.293. The van der Waals surface area contributed by atoms with E-state index in [1.165, 1.54) is 13.3 Å². The summed E-state index contributed by atoms with van der Waals surface area (Å²) in [6, 6.07) is 12.0. The molecule has 0 atom stereocenters. The zero-order valence-electron chi connectivity index (χ0n) is 13.6. The monoisotopic (exact) mass is 363 g/mol. The van der Waals surface area contributed by atoms with Gasteiger partial charge in [-0.2, -0.15) is 5.10 Å². The summed E-state index contributed by atoms with van der Waals surface area (Å²) in [6.45, 7) is 0.650. The molecule has 0 aliphatic carbocycles. The van der Waals surface area contributed by atoms with E-state index in [1.807, 2.05) is 30.3 Å². The topological polar surface area (TPSA) is 95.2 Å². The number of primary amides is 1. The number of hydrazone groups is 1. The Balaban J connectivity index is 1.97. The van der Waals surface area contributed by atoms with Crippen LogP contribution in [0.15, 0.2) is 47.6 Å². The summed E-state index contributed by atoms with van der Waals surface area (Å²) >= 11 is 6.23. The molecule has 2 amide bonds. The van der Waals surface area contributed by atoms with Crippen LogP contribution in [0.2, 0.25) is 5.02 Å². The number of nitrogens with two attached hydrogens (primary N) is 1. The van der Waals surface area contributed by atoms with Gasteiger partial charge in [0.25, 0.3) is 0 Å². The van der Waals surface area contributed by atoms with Gasteiger partial charge in [-0.15, -0.1) is 0 Å². The fraction of sp³-hybridized carbons (Fsp3) is 0.176. The van der Waals surface area contributed by atoms with Gasteiger partial charge in [0, 0.05) is 0 Å². The molecule has 0 aromatic heterocycles. The summed E-state index contributed by atoms with van der Waals surface area (Å²) in [5.41, 5.74) is 7.64. The van der Waals surface area contributed by atoms with E-state index in [1.54, 1.807) is 12.1 Å². The van der Waals surface area contributed by atoms with Gasteiger partial charge in [0.1, 0.15) is 19.0 Å². The molecule has 0 aliphatic heterocycles. The lowest BCUT2D eigenvalue weighted by Gasteiger charge is -2.13. The van der Waals surface area contributed by atoms with Crippen LogP contribution >= 0.6 is 11.6 Å². The van der Waals surface area contributed by atoms with Crippen LogP contribution in [-0.4, -0.2) is 32.6 Å². The van der Waals surface area contributed by atoms with Crippen molar-refractivity contribution in [1.29, 1.82) is 0 Å². The number of carbonyl (C=O) groups is 1. The number of carbonyl (C=O) groups excluding carboxylic acids is 1. The van der Waals surface area contributed by atoms with Gasteiger partial charge in [0.2, 0.25) is 0 Å². The molecule has 0 radical (unpaired) electrons. The highest BCUT2D eigenvalue weighted by molar-refractivity contribution is 6.32. The van der Waals surface area contributed by atoms with E-state index in [0.29, 0.717) is 35.3 Å². The highest BCUT2D eigenvalue weighted by Crippen LogP contribution is 2.36. The number of methoxy groups -OCH3 is 1. The Bertz CT molecular complexity index is 738. The quantitative estimate of drug-likeness (QED) is 0.428.